The van der Waals surface area contributed by atoms with Crippen LogP contribution in [0.25, 0.3) is 5.57 Å². The third-order valence-corrected chi connectivity index (χ3v) is 2.44. The minimum absolute atomic E-state index is 0.809. The fourth-order valence-corrected chi connectivity index (χ4v) is 1.68. The van der Waals surface area contributed by atoms with E-state index in [1.54, 1.807) is 6.26 Å². The smallest absolute Gasteiger partial charge is 0.177 e. The van der Waals surface area contributed by atoms with E-state index in [2.05, 4.69) is 12.3 Å². The second kappa shape index (κ2) is 3.31. The van der Waals surface area contributed by atoms with Gasteiger partial charge in [-0.3, -0.25) is 0 Å². The molecule has 0 N–H and O–H groups in total. The fraction of sp³-hybridized carbons (Fsp3) is 0.0769. The van der Waals surface area contributed by atoms with E-state index in [-0.39, 0.29) is 0 Å². The first-order valence-corrected chi connectivity index (χ1v) is 4.84. The van der Waals surface area contributed by atoms with Gasteiger partial charge in [0.15, 0.2) is 6.26 Å². The van der Waals surface area contributed by atoms with Crippen LogP contribution < -0.4 is 4.74 Å². The lowest BCUT2D eigenvalue weighted by molar-refractivity contribution is 0.436. The SMILES string of the molecule is [C]1=C(c2ccco2)Cc2ccccc2O1. The number of rotatable bonds is 1. The molecule has 0 bridgehead atoms. The lowest BCUT2D eigenvalue weighted by atomic mass is 10.0. The topological polar surface area (TPSA) is 22.4 Å². The van der Waals surface area contributed by atoms with Crippen LogP contribution in [0.15, 0.2) is 47.1 Å². The molecule has 0 atom stereocenters. The van der Waals surface area contributed by atoms with Crippen LogP contribution in [0, 0.1) is 6.26 Å². The number of ether oxygens (including phenoxy) is 1. The van der Waals surface area contributed by atoms with Crippen molar-refractivity contribution in [3.05, 3.63) is 60.2 Å². The van der Waals surface area contributed by atoms with Crippen molar-refractivity contribution in [1.29, 1.82) is 0 Å². The van der Waals surface area contributed by atoms with Gasteiger partial charge in [-0.15, -0.1) is 0 Å². The highest BCUT2D eigenvalue weighted by molar-refractivity contribution is 5.64. The quantitative estimate of drug-likeness (QED) is 0.701. The zero-order chi connectivity index (χ0) is 10.1. The Morgan fingerprint density at radius 3 is 2.87 bits per heavy atom. The first-order valence-electron chi connectivity index (χ1n) is 4.84. The Hall–Kier alpha value is -1.96. The molecule has 15 heavy (non-hydrogen) atoms. The average molecular weight is 197 g/mol. The standard InChI is InChI=1S/C13H9O2/c1-2-5-12-10(4-1)8-11(9-15-12)13-6-3-7-14-13/h1-7H,8H2. The zero-order valence-corrected chi connectivity index (χ0v) is 8.07. The monoisotopic (exact) mass is 197 g/mol. The van der Waals surface area contributed by atoms with E-state index in [1.165, 1.54) is 5.56 Å². The maximum absolute atomic E-state index is 5.41. The van der Waals surface area contributed by atoms with Crippen molar-refractivity contribution < 1.29 is 9.15 Å². The number of para-hydroxylation sites is 1. The molecule has 73 valence electrons. The fourth-order valence-electron chi connectivity index (χ4n) is 1.68. The summed E-state index contributed by atoms with van der Waals surface area (Å²) in [5.41, 5.74) is 2.13. The summed E-state index contributed by atoms with van der Waals surface area (Å²) >= 11 is 0. The van der Waals surface area contributed by atoms with Crippen LogP contribution >= 0.6 is 0 Å². The Balaban J connectivity index is 1.96. The summed E-state index contributed by atoms with van der Waals surface area (Å²) in [6.07, 6.45) is 5.37. The van der Waals surface area contributed by atoms with E-state index in [1.807, 2.05) is 30.3 Å². The van der Waals surface area contributed by atoms with Crippen LogP contribution in [0.1, 0.15) is 11.3 Å². The van der Waals surface area contributed by atoms with Crippen LogP contribution in [-0.4, -0.2) is 0 Å². The third kappa shape index (κ3) is 1.44. The van der Waals surface area contributed by atoms with Crippen molar-refractivity contribution in [3.8, 4) is 5.75 Å². The summed E-state index contributed by atoms with van der Waals surface area (Å²) in [5.74, 6) is 1.71. The molecule has 0 amide bonds. The molecular formula is C13H9O2. The van der Waals surface area contributed by atoms with Gasteiger partial charge in [0.2, 0.25) is 0 Å². The first-order chi connectivity index (χ1) is 7.43. The van der Waals surface area contributed by atoms with Gasteiger partial charge >= 0.3 is 0 Å². The van der Waals surface area contributed by atoms with Crippen molar-refractivity contribution in [1.82, 2.24) is 0 Å². The molecular weight excluding hydrogens is 188 g/mol. The lowest BCUT2D eigenvalue weighted by Crippen LogP contribution is -2.02. The molecule has 1 aliphatic heterocycles. The van der Waals surface area contributed by atoms with Gasteiger partial charge < -0.3 is 9.15 Å². The molecule has 2 aromatic rings. The van der Waals surface area contributed by atoms with Crippen molar-refractivity contribution in [2.24, 2.45) is 0 Å². The van der Waals surface area contributed by atoms with Crippen molar-refractivity contribution >= 4 is 5.57 Å². The Labute approximate surface area is 87.8 Å². The molecule has 0 spiro atoms. The van der Waals surface area contributed by atoms with E-state index in [9.17, 15) is 0 Å². The van der Waals surface area contributed by atoms with Crippen molar-refractivity contribution in [3.63, 3.8) is 0 Å². The molecule has 2 heterocycles. The molecule has 0 unspecified atom stereocenters. The number of hydrogen-bond acceptors (Lipinski definition) is 2. The van der Waals surface area contributed by atoms with Gasteiger partial charge in [-0.1, -0.05) is 18.2 Å². The van der Waals surface area contributed by atoms with Gasteiger partial charge in [0.05, 0.1) is 6.26 Å². The van der Waals surface area contributed by atoms with E-state index < -0.39 is 0 Å². The molecule has 1 aromatic carbocycles. The number of fused-ring (bicyclic) bond motifs is 1. The molecule has 1 radical (unpaired) electrons. The number of allylic oxidation sites excluding steroid dienone is 1. The molecule has 0 saturated heterocycles. The Bertz CT molecular complexity index is 495. The summed E-state index contributed by atoms with van der Waals surface area (Å²) in [4.78, 5) is 0. The van der Waals surface area contributed by atoms with E-state index in [4.69, 9.17) is 9.15 Å². The third-order valence-electron chi connectivity index (χ3n) is 2.44. The highest BCUT2D eigenvalue weighted by Gasteiger charge is 2.15. The zero-order valence-electron chi connectivity index (χ0n) is 8.07. The Morgan fingerprint density at radius 1 is 1.07 bits per heavy atom. The number of furan rings is 1. The van der Waals surface area contributed by atoms with Crippen LogP contribution in [0.5, 0.6) is 5.75 Å². The second-order valence-electron chi connectivity index (χ2n) is 3.44. The highest BCUT2D eigenvalue weighted by Crippen LogP contribution is 2.30. The van der Waals surface area contributed by atoms with Crippen LogP contribution in [-0.2, 0) is 6.42 Å². The number of benzene rings is 1. The summed E-state index contributed by atoms with van der Waals surface area (Å²) < 4.78 is 10.7. The molecule has 0 aliphatic carbocycles. The van der Waals surface area contributed by atoms with Crippen molar-refractivity contribution in [2.75, 3.05) is 0 Å². The Morgan fingerprint density at radius 2 is 2.00 bits per heavy atom. The van der Waals surface area contributed by atoms with E-state index in [0.717, 1.165) is 23.5 Å². The van der Waals surface area contributed by atoms with E-state index >= 15 is 0 Å². The van der Waals surface area contributed by atoms with Crippen molar-refractivity contribution in [2.45, 2.75) is 6.42 Å². The molecule has 2 heteroatoms. The summed E-state index contributed by atoms with van der Waals surface area (Å²) in [6.45, 7) is 0. The van der Waals surface area contributed by atoms with Gasteiger partial charge in [-0.05, 0) is 23.8 Å². The second-order valence-corrected chi connectivity index (χ2v) is 3.44. The van der Waals surface area contributed by atoms with Gasteiger partial charge in [0, 0.05) is 12.0 Å². The normalized spacial score (nSPS) is 14.0. The largest absolute Gasteiger partial charge is 0.465 e. The minimum atomic E-state index is 0.809. The molecule has 1 aromatic heterocycles. The average Bonchev–Trinajstić information content (AvgIpc) is 2.82. The van der Waals surface area contributed by atoms with Crippen LogP contribution in [0.4, 0.5) is 0 Å². The maximum atomic E-state index is 5.41. The molecule has 0 saturated carbocycles. The lowest BCUT2D eigenvalue weighted by Gasteiger charge is -2.14. The van der Waals surface area contributed by atoms with Crippen LogP contribution in [0.2, 0.25) is 0 Å². The molecule has 2 nitrogen and oxygen atoms in total. The molecule has 0 fully saturated rings. The van der Waals surface area contributed by atoms with E-state index in [0.29, 0.717) is 0 Å². The minimum Gasteiger partial charge on any atom is -0.465 e. The number of hydrogen-bond donors (Lipinski definition) is 0. The maximum Gasteiger partial charge on any atom is 0.177 e. The highest BCUT2D eigenvalue weighted by atomic mass is 16.5. The van der Waals surface area contributed by atoms with Crippen LogP contribution in [0.3, 0.4) is 0 Å². The predicted molar refractivity (Wildman–Crippen MR) is 56.1 cm³/mol. The first kappa shape index (κ1) is 8.36. The Kier molecular flexibility index (Phi) is 1.85. The summed E-state index contributed by atoms with van der Waals surface area (Å²) in [6, 6.07) is 11.7. The summed E-state index contributed by atoms with van der Waals surface area (Å²) in [5, 5.41) is 0. The molecule has 3 rings (SSSR count). The summed E-state index contributed by atoms with van der Waals surface area (Å²) in [7, 11) is 0. The van der Waals surface area contributed by atoms with Gasteiger partial charge in [-0.2, -0.15) is 0 Å². The van der Waals surface area contributed by atoms with Gasteiger partial charge in [0.25, 0.3) is 0 Å². The molecule has 1 aliphatic rings. The predicted octanol–water partition coefficient (Wildman–Crippen LogP) is 3.06. The van der Waals surface area contributed by atoms with Gasteiger partial charge in [-0.25, -0.2) is 0 Å². The van der Waals surface area contributed by atoms with Gasteiger partial charge in [0.1, 0.15) is 11.5 Å².